The second-order valence-corrected chi connectivity index (χ2v) is 4.58. The highest BCUT2D eigenvalue weighted by atomic mass is 35.5. The van der Waals surface area contributed by atoms with Gasteiger partial charge in [0.05, 0.1) is 5.69 Å². The minimum atomic E-state index is -0.568. The number of carbonyl (C=O) groups is 1. The van der Waals surface area contributed by atoms with Crippen molar-refractivity contribution < 1.29 is 9.18 Å². The summed E-state index contributed by atoms with van der Waals surface area (Å²) >= 11 is 9.75. The summed E-state index contributed by atoms with van der Waals surface area (Å²) in [6.07, 6.45) is 0. The van der Waals surface area contributed by atoms with Gasteiger partial charge in [0.1, 0.15) is 5.82 Å². The predicted octanol–water partition coefficient (Wildman–Crippen LogP) is 4.02. The molecule has 0 spiro atoms. The summed E-state index contributed by atoms with van der Waals surface area (Å²) in [6, 6.07) is 10.7. The summed E-state index contributed by atoms with van der Waals surface area (Å²) in [4.78, 5) is 12.6. The molecule has 0 saturated carbocycles. The van der Waals surface area contributed by atoms with E-state index in [0.717, 1.165) is 11.0 Å². The van der Waals surface area contributed by atoms with Gasteiger partial charge in [-0.15, -0.1) is 12.6 Å². The highest BCUT2D eigenvalue weighted by Gasteiger charge is 2.09. The molecule has 0 unspecified atom stereocenters. The van der Waals surface area contributed by atoms with Gasteiger partial charge < -0.3 is 5.32 Å². The topological polar surface area (TPSA) is 29.1 Å². The first-order valence-electron chi connectivity index (χ1n) is 5.12. The molecule has 0 bridgehead atoms. The van der Waals surface area contributed by atoms with Crippen LogP contribution in [0.25, 0.3) is 0 Å². The Morgan fingerprint density at radius 3 is 2.44 bits per heavy atom. The highest BCUT2D eigenvalue weighted by molar-refractivity contribution is 7.80. The lowest BCUT2D eigenvalue weighted by Gasteiger charge is -2.06. The van der Waals surface area contributed by atoms with Crippen LogP contribution in [0.5, 0.6) is 0 Å². The zero-order chi connectivity index (χ0) is 13.1. The van der Waals surface area contributed by atoms with Crippen molar-refractivity contribution in [2.24, 2.45) is 0 Å². The standard InChI is InChI=1S/C13H9ClFNOS/c14-9-3-6-12(11(15)7-9)16-13(17)8-1-4-10(18)5-2-8/h1-7,18H,(H,16,17). The van der Waals surface area contributed by atoms with Crippen molar-refractivity contribution in [2.45, 2.75) is 4.90 Å². The van der Waals surface area contributed by atoms with Crippen molar-refractivity contribution in [2.75, 3.05) is 5.32 Å². The summed E-state index contributed by atoms with van der Waals surface area (Å²) in [5.74, 6) is -0.953. The molecule has 1 amide bonds. The maximum absolute atomic E-state index is 13.5. The molecule has 2 aromatic carbocycles. The largest absolute Gasteiger partial charge is 0.319 e. The van der Waals surface area contributed by atoms with Crippen molar-refractivity contribution in [3.63, 3.8) is 0 Å². The molecular formula is C13H9ClFNOS. The molecule has 0 fully saturated rings. The molecule has 0 atom stereocenters. The quantitative estimate of drug-likeness (QED) is 0.800. The maximum atomic E-state index is 13.5. The monoisotopic (exact) mass is 281 g/mol. The van der Waals surface area contributed by atoms with Crippen molar-refractivity contribution in [1.82, 2.24) is 0 Å². The lowest BCUT2D eigenvalue weighted by Crippen LogP contribution is -2.12. The van der Waals surface area contributed by atoms with Gasteiger partial charge in [0.2, 0.25) is 0 Å². The highest BCUT2D eigenvalue weighted by Crippen LogP contribution is 2.19. The first-order valence-corrected chi connectivity index (χ1v) is 5.94. The number of anilines is 1. The van der Waals surface area contributed by atoms with E-state index in [1.807, 2.05) is 0 Å². The van der Waals surface area contributed by atoms with Crippen LogP contribution in [0.15, 0.2) is 47.4 Å². The van der Waals surface area contributed by atoms with Crippen LogP contribution in [-0.2, 0) is 0 Å². The smallest absolute Gasteiger partial charge is 0.255 e. The molecule has 0 radical (unpaired) electrons. The number of benzene rings is 2. The molecule has 92 valence electrons. The van der Waals surface area contributed by atoms with E-state index in [-0.39, 0.29) is 16.6 Å². The molecule has 0 aromatic heterocycles. The van der Waals surface area contributed by atoms with E-state index in [9.17, 15) is 9.18 Å². The summed E-state index contributed by atoms with van der Waals surface area (Å²) in [7, 11) is 0. The van der Waals surface area contributed by atoms with E-state index in [2.05, 4.69) is 17.9 Å². The molecule has 2 rings (SSSR count). The van der Waals surface area contributed by atoms with Gasteiger partial charge >= 0.3 is 0 Å². The molecule has 2 nitrogen and oxygen atoms in total. The maximum Gasteiger partial charge on any atom is 0.255 e. The Labute approximate surface area is 114 Å². The van der Waals surface area contributed by atoms with E-state index in [4.69, 9.17) is 11.6 Å². The van der Waals surface area contributed by atoms with E-state index >= 15 is 0 Å². The molecule has 0 aliphatic rings. The number of hydrogen-bond donors (Lipinski definition) is 2. The van der Waals surface area contributed by atoms with Gasteiger partial charge in [-0.1, -0.05) is 11.6 Å². The Morgan fingerprint density at radius 2 is 1.83 bits per heavy atom. The van der Waals surface area contributed by atoms with Crippen LogP contribution in [0.2, 0.25) is 5.02 Å². The van der Waals surface area contributed by atoms with E-state index in [0.29, 0.717) is 5.56 Å². The van der Waals surface area contributed by atoms with Gasteiger partial charge in [0.15, 0.2) is 0 Å². The fraction of sp³-hybridized carbons (Fsp3) is 0. The second-order valence-electron chi connectivity index (χ2n) is 3.63. The average Bonchev–Trinajstić information content (AvgIpc) is 2.33. The van der Waals surface area contributed by atoms with Gasteiger partial charge in [-0.2, -0.15) is 0 Å². The number of hydrogen-bond acceptors (Lipinski definition) is 2. The third-order valence-corrected chi connectivity index (χ3v) is 2.84. The molecule has 18 heavy (non-hydrogen) atoms. The molecule has 0 aliphatic heterocycles. The molecule has 0 aliphatic carbocycles. The van der Waals surface area contributed by atoms with Crippen LogP contribution < -0.4 is 5.32 Å². The number of thiol groups is 1. The lowest BCUT2D eigenvalue weighted by molar-refractivity contribution is 0.102. The Bertz CT molecular complexity index is 586. The number of amides is 1. The van der Waals surface area contributed by atoms with Gasteiger partial charge in [0, 0.05) is 15.5 Å². The predicted molar refractivity (Wildman–Crippen MR) is 73.1 cm³/mol. The van der Waals surface area contributed by atoms with Gasteiger partial charge in [0.25, 0.3) is 5.91 Å². The van der Waals surface area contributed by atoms with Gasteiger partial charge in [-0.25, -0.2) is 4.39 Å². The molecule has 0 saturated heterocycles. The normalized spacial score (nSPS) is 10.2. The van der Waals surface area contributed by atoms with Crippen molar-refractivity contribution in [3.05, 3.63) is 58.9 Å². The molecular weight excluding hydrogens is 273 g/mol. The Morgan fingerprint density at radius 1 is 1.17 bits per heavy atom. The van der Waals surface area contributed by atoms with Crippen LogP contribution in [-0.4, -0.2) is 5.91 Å². The van der Waals surface area contributed by atoms with Crippen molar-refractivity contribution >= 4 is 35.8 Å². The fourth-order valence-corrected chi connectivity index (χ4v) is 1.71. The Balaban J connectivity index is 2.18. The van der Waals surface area contributed by atoms with Crippen LogP contribution >= 0.6 is 24.2 Å². The van der Waals surface area contributed by atoms with Gasteiger partial charge in [-0.05, 0) is 42.5 Å². The zero-order valence-electron chi connectivity index (χ0n) is 9.15. The Hall–Kier alpha value is -1.52. The first kappa shape index (κ1) is 12.9. The van der Waals surface area contributed by atoms with E-state index in [1.54, 1.807) is 24.3 Å². The van der Waals surface area contributed by atoms with Crippen LogP contribution in [0.4, 0.5) is 10.1 Å². The van der Waals surface area contributed by atoms with Gasteiger partial charge in [-0.3, -0.25) is 4.79 Å². The molecule has 1 N–H and O–H groups in total. The summed E-state index contributed by atoms with van der Waals surface area (Å²) in [6.45, 7) is 0. The van der Waals surface area contributed by atoms with Crippen LogP contribution in [0, 0.1) is 5.82 Å². The number of rotatable bonds is 2. The summed E-state index contributed by atoms with van der Waals surface area (Å²) in [5, 5.41) is 2.76. The molecule has 0 heterocycles. The molecule has 2 aromatic rings. The SMILES string of the molecule is O=C(Nc1ccc(Cl)cc1F)c1ccc(S)cc1. The van der Waals surface area contributed by atoms with Crippen molar-refractivity contribution in [3.8, 4) is 0 Å². The lowest BCUT2D eigenvalue weighted by atomic mass is 10.2. The third kappa shape index (κ3) is 3.03. The van der Waals surface area contributed by atoms with Crippen LogP contribution in [0.1, 0.15) is 10.4 Å². The third-order valence-electron chi connectivity index (χ3n) is 2.31. The second kappa shape index (κ2) is 5.42. The minimum Gasteiger partial charge on any atom is -0.319 e. The minimum absolute atomic E-state index is 0.0966. The summed E-state index contributed by atoms with van der Waals surface area (Å²) in [5.41, 5.74) is 0.529. The first-order chi connectivity index (χ1) is 8.56. The van der Waals surface area contributed by atoms with E-state index in [1.165, 1.54) is 12.1 Å². The number of nitrogens with one attached hydrogen (secondary N) is 1. The zero-order valence-corrected chi connectivity index (χ0v) is 10.8. The average molecular weight is 282 g/mol. The fourth-order valence-electron chi connectivity index (χ4n) is 1.40. The van der Waals surface area contributed by atoms with Crippen LogP contribution in [0.3, 0.4) is 0 Å². The molecule has 5 heteroatoms. The van der Waals surface area contributed by atoms with E-state index < -0.39 is 5.82 Å². The van der Waals surface area contributed by atoms with Crippen molar-refractivity contribution in [1.29, 1.82) is 0 Å². The Kier molecular flexibility index (Phi) is 3.89. The number of carbonyl (C=O) groups excluding carboxylic acids is 1. The summed E-state index contributed by atoms with van der Waals surface area (Å²) < 4.78 is 13.5. The number of halogens is 2.